The largest absolute Gasteiger partial charge is 0.309 e. The number of primary sulfonamides is 1. The van der Waals surface area contributed by atoms with Gasteiger partial charge in [-0.1, -0.05) is 0 Å². The lowest BCUT2D eigenvalue weighted by Crippen LogP contribution is -2.14. The molecule has 4 nitrogen and oxygen atoms in total. The van der Waals surface area contributed by atoms with Gasteiger partial charge in [-0.2, -0.15) is 0 Å². The summed E-state index contributed by atoms with van der Waals surface area (Å²) < 4.78 is 22.2. The van der Waals surface area contributed by atoms with E-state index in [-0.39, 0.29) is 4.21 Å². The molecule has 0 atom stereocenters. The molecule has 1 heterocycles. The number of nitrogens with two attached hydrogens (primary N) is 1. The highest BCUT2D eigenvalue weighted by atomic mass is 32.2. The average Bonchev–Trinajstić information content (AvgIpc) is 2.77. The zero-order chi connectivity index (χ0) is 10.2. The van der Waals surface area contributed by atoms with Gasteiger partial charge in [0.05, 0.1) is 0 Å². The van der Waals surface area contributed by atoms with E-state index >= 15 is 0 Å². The molecule has 0 spiro atoms. The Bertz CT molecular complexity index is 420. The molecule has 1 aliphatic rings. The molecule has 0 unspecified atom stereocenters. The molecule has 0 amide bonds. The van der Waals surface area contributed by atoms with Gasteiger partial charge in [-0.3, -0.25) is 0 Å². The highest BCUT2D eigenvalue weighted by Gasteiger charge is 2.20. The topological polar surface area (TPSA) is 72.2 Å². The third-order valence-corrected chi connectivity index (χ3v) is 4.58. The number of hydrogen-bond donors (Lipinski definition) is 2. The predicted molar refractivity (Wildman–Crippen MR) is 55.6 cm³/mol. The van der Waals surface area contributed by atoms with Crippen LogP contribution in [0.4, 0.5) is 0 Å². The quantitative estimate of drug-likeness (QED) is 0.800. The fourth-order valence-electron chi connectivity index (χ4n) is 1.14. The Balaban J connectivity index is 2.01. The fraction of sp³-hybridized carbons (Fsp3) is 0.500. The van der Waals surface area contributed by atoms with E-state index in [1.807, 2.05) is 0 Å². The van der Waals surface area contributed by atoms with E-state index < -0.39 is 10.0 Å². The second kappa shape index (κ2) is 3.62. The smallest absolute Gasteiger partial charge is 0.247 e. The van der Waals surface area contributed by atoms with Gasteiger partial charge in [-0.25, -0.2) is 13.6 Å². The summed E-state index contributed by atoms with van der Waals surface area (Å²) in [5.74, 6) is 0. The Morgan fingerprint density at radius 1 is 1.50 bits per heavy atom. The molecule has 78 valence electrons. The van der Waals surface area contributed by atoms with Gasteiger partial charge in [0.2, 0.25) is 10.0 Å². The van der Waals surface area contributed by atoms with Crippen molar-refractivity contribution in [1.29, 1.82) is 0 Å². The third-order valence-electron chi connectivity index (χ3n) is 2.06. The van der Waals surface area contributed by atoms with Crippen LogP contribution in [0.5, 0.6) is 0 Å². The third kappa shape index (κ3) is 2.54. The van der Waals surface area contributed by atoms with Crippen LogP contribution in [0, 0.1) is 0 Å². The second-order valence-electron chi connectivity index (χ2n) is 3.42. The van der Waals surface area contributed by atoms with E-state index in [9.17, 15) is 8.42 Å². The fourth-order valence-corrected chi connectivity index (χ4v) is 2.87. The van der Waals surface area contributed by atoms with Gasteiger partial charge in [-0.15, -0.1) is 11.3 Å². The summed E-state index contributed by atoms with van der Waals surface area (Å²) in [4.78, 5) is 1.01. The first kappa shape index (κ1) is 10.1. The minimum Gasteiger partial charge on any atom is -0.309 e. The summed E-state index contributed by atoms with van der Waals surface area (Å²) in [5.41, 5.74) is 0. The van der Waals surface area contributed by atoms with Crippen LogP contribution in [0.15, 0.2) is 16.3 Å². The van der Waals surface area contributed by atoms with E-state index in [4.69, 9.17) is 5.14 Å². The standard InChI is InChI=1S/C8H12N2O2S2/c9-14(11,12)8-4-3-7(13-8)5-10-6-1-2-6/h3-4,6,10H,1-2,5H2,(H2,9,11,12). The summed E-state index contributed by atoms with van der Waals surface area (Å²) in [6, 6.07) is 4.00. The van der Waals surface area contributed by atoms with E-state index in [1.165, 1.54) is 24.2 Å². The van der Waals surface area contributed by atoms with E-state index in [2.05, 4.69) is 5.32 Å². The van der Waals surface area contributed by atoms with Crippen LogP contribution in [0.3, 0.4) is 0 Å². The molecule has 1 aromatic rings. The Morgan fingerprint density at radius 2 is 2.21 bits per heavy atom. The molecule has 0 aliphatic heterocycles. The summed E-state index contributed by atoms with van der Waals surface area (Å²) >= 11 is 1.23. The first-order valence-electron chi connectivity index (χ1n) is 4.40. The number of hydrogen-bond acceptors (Lipinski definition) is 4. The summed E-state index contributed by atoms with van der Waals surface area (Å²) in [6.07, 6.45) is 2.46. The average molecular weight is 232 g/mol. The zero-order valence-corrected chi connectivity index (χ0v) is 9.20. The number of rotatable bonds is 4. The van der Waals surface area contributed by atoms with Gasteiger partial charge in [0.15, 0.2) is 0 Å². The van der Waals surface area contributed by atoms with Gasteiger partial charge in [-0.05, 0) is 25.0 Å². The van der Waals surface area contributed by atoms with Crippen molar-refractivity contribution in [1.82, 2.24) is 5.32 Å². The van der Waals surface area contributed by atoms with Crippen LogP contribution in [-0.4, -0.2) is 14.5 Å². The maximum absolute atomic E-state index is 11.0. The van der Waals surface area contributed by atoms with Crippen molar-refractivity contribution in [3.05, 3.63) is 17.0 Å². The summed E-state index contributed by atoms with van der Waals surface area (Å²) in [7, 11) is -3.51. The van der Waals surface area contributed by atoms with E-state index in [0.717, 1.165) is 11.4 Å². The van der Waals surface area contributed by atoms with Gasteiger partial charge >= 0.3 is 0 Å². The van der Waals surface area contributed by atoms with Gasteiger partial charge in [0.1, 0.15) is 4.21 Å². The minimum atomic E-state index is -3.51. The lowest BCUT2D eigenvalue weighted by atomic mass is 10.4. The van der Waals surface area contributed by atoms with Crippen LogP contribution >= 0.6 is 11.3 Å². The maximum atomic E-state index is 11.0. The Hall–Kier alpha value is -0.430. The predicted octanol–water partition coefficient (Wildman–Crippen LogP) is 0.647. The second-order valence-corrected chi connectivity index (χ2v) is 6.38. The minimum absolute atomic E-state index is 0.241. The summed E-state index contributed by atoms with van der Waals surface area (Å²) in [6.45, 7) is 0.741. The molecule has 1 aliphatic carbocycles. The van der Waals surface area contributed by atoms with Crippen LogP contribution in [0.1, 0.15) is 17.7 Å². The molecule has 0 radical (unpaired) electrons. The molecule has 1 aromatic heterocycles. The molecule has 0 bridgehead atoms. The number of nitrogens with one attached hydrogen (secondary N) is 1. The lowest BCUT2D eigenvalue weighted by molar-refractivity contribution is 0.600. The van der Waals surface area contributed by atoms with E-state index in [0.29, 0.717) is 6.04 Å². The van der Waals surface area contributed by atoms with Crippen molar-refractivity contribution in [3.8, 4) is 0 Å². The van der Waals surface area contributed by atoms with Crippen molar-refractivity contribution in [3.63, 3.8) is 0 Å². The van der Waals surface area contributed by atoms with Crippen molar-refractivity contribution >= 4 is 21.4 Å². The van der Waals surface area contributed by atoms with Crippen molar-refractivity contribution in [2.45, 2.75) is 29.6 Å². The number of sulfonamides is 1. The van der Waals surface area contributed by atoms with Crippen LogP contribution < -0.4 is 10.5 Å². The Kier molecular flexibility index (Phi) is 2.61. The Labute approximate surface area is 87.2 Å². The molecular weight excluding hydrogens is 220 g/mol. The number of thiophene rings is 1. The molecule has 1 saturated carbocycles. The Morgan fingerprint density at radius 3 is 2.71 bits per heavy atom. The molecule has 1 fully saturated rings. The van der Waals surface area contributed by atoms with Gasteiger partial charge < -0.3 is 5.32 Å². The van der Waals surface area contributed by atoms with Crippen molar-refractivity contribution in [2.75, 3.05) is 0 Å². The van der Waals surface area contributed by atoms with Gasteiger partial charge in [0.25, 0.3) is 0 Å². The van der Waals surface area contributed by atoms with Gasteiger partial charge in [0, 0.05) is 17.5 Å². The van der Waals surface area contributed by atoms with E-state index in [1.54, 1.807) is 12.1 Å². The van der Waals surface area contributed by atoms with Crippen LogP contribution in [-0.2, 0) is 16.6 Å². The maximum Gasteiger partial charge on any atom is 0.247 e. The van der Waals surface area contributed by atoms with Crippen molar-refractivity contribution in [2.24, 2.45) is 5.14 Å². The molecule has 14 heavy (non-hydrogen) atoms. The normalized spacial score (nSPS) is 17.2. The van der Waals surface area contributed by atoms with Crippen molar-refractivity contribution < 1.29 is 8.42 Å². The SMILES string of the molecule is NS(=O)(=O)c1ccc(CNC2CC2)s1. The zero-order valence-electron chi connectivity index (χ0n) is 7.56. The molecule has 3 N–H and O–H groups in total. The first-order valence-corrected chi connectivity index (χ1v) is 6.77. The molecule has 0 aromatic carbocycles. The monoisotopic (exact) mass is 232 g/mol. The highest BCUT2D eigenvalue weighted by molar-refractivity contribution is 7.91. The molecule has 0 saturated heterocycles. The highest BCUT2D eigenvalue weighted by Crippen LogP contribution is 2.23. The molecule has 6 heteroatoms. The summed E-state index contributed by atoms with van der Waals surface area (Å²) in [5, 5.41) is 8.31. The van der Waals surface area contributed by atoms with Crippen LogP contribution in [0.2, 0.25) is 0 Å². The first-order chi connectivity index (χ1) is 6.55. The lowest BCUT2D eigenvalue weighted by Gasteiger charge is -1.97. The van der Waals surface area contributed by atoms with Crippen LogP contribution in [0.25, 0.3) is 0 Å². The molecular formula is C8H12N2O2S2. The molecule has 2 rings (SSSR count).